The molecule has 8 nitrogen and oxygen atoms in total. The van der Waals surface area contributed by atoms with Crippen LogP contribution in [0, 0.1) is 5.92 Å². The standard InChI is InChI=1S/C15H16N6O2S/c1-20(7-11-18-10-4-5-24-13(10)14(22)19-11)15(23)9-2-3-12-16-8-17-21(12)6-9/h4-5,8-9H,2-3,6-7H2,1H3,(H,18,19,22). The van der Waals surface area contributed by atoms with E-state index >= 15 is 0 Å². The highest BCUT2D eigenvalue weighted by Crippen LogP contribution is 2.20. The predicted octanol–water partition coefficient (Wildman–Crippen LogP) is 0.797. The van der Waals surface area contributed by atoms with E-state index in [0.717, 1.165) is 18.7 Å². The Balaban J connectivity index is 1.50. The van der Waals surface area contributed by atoms with Gasteiger partial charge in [-0.2, -0.15) is 5.10 Å². The molecule has 1 N–H and O–H groups in total. The third-order valence-corrected chi connectivity index (χ3v) is 5.18. The van der Waals surface area contributed by atoms with E-state index in [1.165, 1.54) is 17.7 Å². The Hall–Kier alpha value is -2.55. The van der Waals surface area contributed by atoms with E-state index in [9.17, 15) is 9.59 Å². The highest BCUT2D eigenvalue weighted by atomic mass is 32.1. The Morgan fingerprint density at radius 2 is 2.42 bits per heavy atom. The predicted molar refractivity (Wildman–Crippen MR) is 88.5 cm³/mol. The second-order valence-corrected chi connectivity index (χ2v) is 6.85. The molecule has 0 fully saturated rings. The zero-order valence-corrected chi connectivity index (χ0v) is 13.9. The molecule has 4 rings (SSSR count). The fourth-order valence-corrected chi connectivity index (χ4v) is 3.78. The van der Waals surface area contributed by atoms with Gasteiger partial charge in [0.15, 0.2) is 0 Å². The van der Waals surface area contributed by atoms with Crippen molar-refractivity contribution in [2.24, 2.45) is 5.92 Å². The summed E-state index contributed by atoms with van der Waals surface area (Å²) in [5.74, 6) is 1.33. The van der Waals surface area contributed by atoms with Gasteiger partial charge in [-0.05, 0) is 17.9 Å². The Morgan fingerprint density at radius 3 is 3.29 bits per heavy atom. The molecule has 3 aromatic heterocycles. The van der Waals surface area contributed by atoms with Crippen LogP contribution in [0.1, 0.15) is 18.1 Å². The zero-order chi connectivity index (χ0) is 16.7. The lowest BCUT2D eigenvalue weighted by Gasteiger charge is -2.26. The summed E-state index contributed by atoms with van der Waals surface area (Å²) in [5.41, 5.74) is 0.514. The van der Waals surface area contributed by atoms with Crippen molar-refractivity contribution in [3.63, 3.8) is 0 Å². The van der Waals surface area contributed by atoms with Crippen LogP contribution in [0.2, 0.25) is 0 Å². The molecule has 1 amide bonds. The third-order valence-electron chi connectivity index (χ3n) is 4.28. The van der Waals surface area contributed by atoms with Crippen molar-refractivity contribution in [2.75, 3.05) is 7.05 Å². The van der Waals surface area contributed by atoms with Crippen LogP contribution in [-0.2, 0) is 24.3 Å². The number of aryl methyl sites for hydroxylation is 1. The topological polar surface area (TPSA) is 96.8 Å². The summed E-state index contributed by atoms with van der Waals surface area (Å²) in [6, 6.07) is 1.81. The van der Waals surface area contributed by atoms with Crippen molar-refractivity contribution >= 4 is 27.5 Å². The first kappa shape index (κ1) is 15.0. The summed E-state index contributed by atoms with van der Waals surface area (Å²) in [7, 11) is 1.73. The van der Waals surface area contributed by atoms with Crippen molar-refractivity contribution in [1.82, 2.24) is 29.6 Å². The summed E-state index contributed by atoms with van der Waals surface area (Å²) in [4.78, 5) is 37.7. The molecule has 0 saturated heterocycles. The Labute approximate surface area is 141 Å². The van der Waals surface area contributed by atoms with Gasteiger partial charge in [0.1, 0.15) is 22.7 Å². The molecular weight excluding hydrogens is 328 g/mol. The molecule has 1 aliphatic heterocycles. The number of hydrogen-bond donors (Lipinski definition) is 1. The minimum Gasteiger partial charge on any atom is -0.338 e. The van der Waals surface area contributed by atoms with Crippen molar-refractivity contribution in [2.45, 2.75) is 25.9 Å². The van der Waals surface area contributed by atoms with Crippen molar-refractivity contribution in [1.29, 1.82) is 0 Å². The molecule has 0 aromatic carbocycles. The number of thiophene rings is 1. The average molecular weight is 344 g/mol. The van der Waals surface area contributed by atoms with Crippen LogP contribution in [-0.4, -0.2) is 42.6 Å². The minimum absolute atomic E-state index is 0.0317. The van der Waals surface area contributed by atoms with Crippen molar-refractivity contribution < 1.29 is 4.79 Å². The number of carbonyl (C=O) groups excluding carboxylic acids is 1. The first-order chi connectivity index (χ1) is 11.6. The second-order valence-electron chi connectivity index (χ2n) is 5.94. The lowest BCUT2D eigenvalue weighted by Crippen LogP contribution is -2.38. The minimum atomic E-state index is -0.157. The molecular formula is C15H16N6O2S. The number of fused-ring (bicyclic) bond motifs is 2. The van der Waals surface area contributed by atoms with E-state index in [1.54, 1.807) is 16.6 Å². The molecule has 4 heterocycles. The lowest BCUT2D eigenvalue weighted by molar-refractivity contribution is -0.136. The first-order valence-electron chi connectivity index (χ1n) is 7.70. The summed E-state index contributed by atoms with van der Waals surface area (Å²) in [6.45, 7) is 0.826. The van der Waals surface area contributed by atoms with Crippen molar-refractivity contribution in [3.8, 4) is 0 Å². The van der Waals surface area contributed by atoms with E-state index < -0.39 is 0 Å². The second kappa shape index (κ2) is 5.82. The van der Waals surface area contributed by atoms with Gasteiger partial charge >= 0.3 is 0 Å². The summed E-state index contributed by atoms with van der Waals surface area (Å²) >= 11 is 1.36. The normalized spacial score (nSPS) is 17.0. The number of nitrogens with one attached hydrogen (secondary N) is 1. The summed E-state index contributed by atoms with van der Waals surface area (Å²) in [5, 5.41) is 5.99. The van der Waals surface area contributed by atoms with E-state index in [2.05, 4.69) is 20.1 Å². The van der Waals surface area contributed by atoms with E-state index in [-0.39, 0.29) is 23.9 Å². The number of aromatic amines is 1. The van der Waals surface area contributed by atoms with Crippen LogP contribution in [0.5, 0.6) is 0 Å². The molecule has 0 aliphatic carbocycles. The van der Waals surface area contributed by atoms with Gasteiger partial charge in [-0.25, -0.2) is 14.6 Å². The Bertz CT molecular complexity index is 958. The maximum atomic E-state index is 12.7. The van der Waals surface area contributed by atoms with Crippen LogP contribution < -0.4 is 5.56 Å². The molecule has 1 aliphatic rings. The van der Waals surface area contributed by atoms with Crippen molar-refractivity contribution in [3.05, 3.63) is 39.8 Å². The molecule has 1 atom stereocenters. The van der Waals surface area contributed by atoms with E-state index in [1.807, 2.05) is 11.4 Å². The van der Waals surface area contributed by atoms with Gasteiger partial charge in [0.05, 0.1) is 24.5 Å². The van der Waals surface area contributed by atoms with E-state index in [4.69, 9.17) is 0 Å². The maximum Gasteiger partial charge on any atom is 0.268 e. The number of aromatic nitrogens is 5. The SMILES string of the molecule is CN(Cc1nc2ccsc2c(=O)[nH]1)C(=O)C1CCc2ncnn2C1. The van der Waals surface area contributed by atoms with Gasteiger partial charge in [-0.1, -0.05) is 0 Å². The number of hydrogen-bond acceptors (Lipinski definition) is 6. The van der Waals surface area contributed by atoms with Crippen LogP contribution in [0.15, 0.2) is 22.6 Å². The smallest absolute Gasteiger partial charge is 0.268 e. The highest BCUT2D eigenvalue weighted by Gasteiger charge is 2.28. The molecule has 3 aromatic rings. The maximum absolute atomic E-state index is 12.7. The lowest BCUT2D eigenvalue weighted by atomic mass is 9.98. The van der Waals surface area contributed by atoms with Gasteiger partial charge in [-0.3, -0.25) is 9.59 Å². The number of carbonyl (C=O) groups is 1. The van der Waals surface area contributed by atoms with Crippen LogP contribution in [0.25, 0.3) is 10.2 Å². The number of nitrogens with zero attached hydrogens (tertiary/aromatic N) is 5. The van der Waals surface area contributed by atoms with E-state index in [0.29, 0.717) is 22.6 Å². The summed E-state index contributed by atoms with van der Waals surface area (Å²) in [6.07, 6.45) is 3.03. The fraction of sp³-hybridized carbons (Fsp3) is 0.400. The molecule has 9 heteroatoms. The first-order valence-corrected chi connectivity index (χ1v) is 8.58. The molecule has 0 saturated carbocycles. The van der Waals surface area contributed by atoms with Gasteiger partial charge in [0.2, 0.25) is 5.91 Å². The largest absolute Gasteiger partial charge is 0.338 e. The molecule has 0 bridgehead atoms. The van der Waals surface area contributed by atoms with Crippen LogP contribution in [0.4, 0.5) is 0 Å². The average Bonchev–Trinajstić information content (AvgIpc) is 3.22. The van der Waals surface area contributed by atoms with Gasteiger partial charge < -0.3 is 9.88 Å². The molecule has 0 spiro atoms. The summed E-state index contributed by atoms with van der Waals surface area (Å²) < 4.78 is 2.40. The Kier molecular flexibility index (Phi) is 3.64. The molecule has 24 heavy (non-hydrogen) atoms. The van der Waals surface area contributed by atoms with Gasteiger partial charge in [-0.15, -0.1) is 11.3 Å². The monoisotopic (exact) mass is 344 g/mol. The molecule has 1 unspecified atom stereocenters. The number of H-pyrrole nitrogens is 1. The van der Waals surface area contributed by atoms with Gasteiger partial charge in [0, 0.05) is 13.5 Å². The number of rotatable bonds is 3. The van der Waals surface area contributed by atoms with Gasteiger partial charge in [0.25, 0.3) is 5.56 Å². The fourth-order valence-electron chi connectivity index (χ4n) is 3.05. The molecule has 124 valence electrons. The zero-order valence-electron chi connectivity index (χ0n) is 13.1. The third kappa shape index (κ3) is 2.60. The molecule has 0 radical (unpaired) electrons. The van der Waals surface area contributed by atoms with Crippen LogP contribution in [0.3, 0.4) is 0 Å². The van der Waals surface area contributed by atoms with Crippen LogP contribution >= 0.6 is 11.3 Å². The highest BCUT2D eigenvalue weighted by molar-refractivity contribution is 7.17. The number of amides is 1. The Morgan fingerprint density at radius 1 is 1.54 bits per heavy atom. The quantitative estimate of drug-likeness (QED) is 0.758.